The summed E-state index contributed by atoms with van der Waals surface area (Å²) in [5.74, 6) is -2.08. The Balaban J connectivity index is 5.20. The molecule has 0 aromatic rings. The molecule has 0 fully saturated rings. The van der Waals surface area contributed by atoms with Crippen molar-refractivity contribution in [3.63, 3.8) is 0 Å². The summed E-state index contributed by atoms with van der Waals surface area (Å²) < 4.78 is 5.17. The largest absolute Gasteiger partial charge is 0.465 e. The minimum Gasteiger partial charge on any atom is -0.465 e. The van der Waals surface area contributed by atoms with Crippen molar-refractivity contribution in [2.45, 2.75) is 78.7 Å². The van der Waals surface area contributed by atoms with Gasteiger partial charge in [-0.25, -0.2) is 4.79 Å². The van der Waals surface area contributed by atoms with Gasteiger partial charge in [0.15, 0.2) is 0 Å². The summed E-state index contributed by atoms with van der Waals surface area (Å²) in [4.78, 5) is 74.4. The van der Waals surface area contributed by atoms with Crippen LogP contribution in [0.4, 0.5) is 4.79 Å². The van der Waals surface area contributed by atoms with Crippen LogP contribution in [-0.4, -0.2) is 80.4 Å². The minimum atomic E-state index is -1.10. The van der Waals surface area contributed by atoms with E-state index in [1.54, 1.807) is 27.9 Å². The molecule has 0 aliphatic carbocycles. The van der Waals surface area contributed by atoms with E-state index in [2.05, 4.69) is 21.3 Å². The first kappa shape index (κ1) is 35.4. The summed E-state index contributed by atoms with van der Waals surface area (Å²) in [7, 11) is 3.25. The Bertz CT molecular complexity index is 882. The zero-order valence-electron chi connectivity index (χ0n) is 24.1. The number of hydrogen-bond donors (Lipinski definition) is 5. The smallest absolute Gasteiger partial charge is 0.312 e. The van der Waals surface area contributed by atoms with Crippen LogP contribution in [0.2, 0.25) is 0 Å². The standard InChI is InChI=1S/C26H46N6O7/c1-17(2)16-39-22(35)13-12-19(30-20(33)10-9-11-21(34)32(5)6)24(36)31-23(18(3)4)25(37)28-14-7-8-15-29-26(27)38/h17,19H,7-16H2,1-6H3,(H,28,37)(H,30,33)(H,31,36)(H3,27,29,38)/t19-/m0/s1. The fourth-order valence-electron chi connectivity index (χ4n) is 3.12. The van der Waals surface area contributed by atoms with E-state index in [0.717, 1.165) is 0 Å². The van der Waals surface area contributed by atoms with E-state index in [9.17, 15) is 28.8 Å². The predicted molar refractivity (Wildman–Crippen MR) is 146 cm³/mol. The molecule has 222 valence electrons. The summed E-state index contributed by atoms with van der Waals surface area (Å²) in [6.07, 6.45) is 1.52. The van der Waals surface area contributed by atoms with Crippen molar-refractivity contribution in [1.29, 1.82) is 0 Å². The van der Waals surface area contributed by atoms with Crippen LogP contribution in [0.25, 0.3) is 0 Å². The first-order chi connectivity index (χ1) is 18.2. The number of urea groups is 1. The molecule has 0 aromatic heterocycles. The van der Waals surface area contributed by atoms with Crippen molar-refractivity contribution < 1.29 is 33.5 Å². The van der Waals surface area contributed by atoms with Gasteiger partial charge in [0, 0.05) is 46.4 Å². The van der Waals surface area contributed by atoms with Crippen LogP contribution in [0.1, 0.15) is 72.6 Å². The fraction of sp³-hybridized carbons (Fsp3) is 0.692. The lowest BCUT2D eigenvalue weighted by Gasteiger charge is -2.20. The van der Waals surface area contributed by atoms with Crippen LogP contribution >= 0.6 is 0 Å². The topological polar surface area (TPSA) is 189 Å². The molecule has 39 heavy (non-hydrogen) atoms. The van der Waals surface area contributed by atoms with Gasteiger partial charge in [0.05, 0.1) is 6.61 Å². The number of carbonyl (C=O) groups is 6. The Hall–Kier alpha value is -3.64. The zero-order chi connectivity index (χ0) is 30.0. The number of primary amides is 1. The molecule has 0 saturated carbocycles. The van der Waals surface area contributed by atoms with Crippen LogP contribution in [0.5, 0.6) is 0 Å². The average Bonchev–Trinajstić information content (AvgIpc) is 2.84. The highest BCUT2D eigenvalue weighted by Crippen LogP contribution is 2.07. The SMILES string of the molecule is CC(C)=C(NC(=O)[C@H](CCC(=O)OCC(C)C)NC(=O)CCCC(=O)N(C)C)C(=O)NCCCCNC(N)=O. The van der Waals surface area contributed by atoms with Crippen molar-refractivity contribution in [3.05, 3.63) is 11.3 Å². The number of ether oxygens (including phenoxy) is 1. The third-order valence-electron chi connectivity index (χ3n) is 5.32. The molecule has 13 nitrogen and oxygen atoms in total. The van der Waals surface area contributed by atoms with Crippen molar-refractivity contribution in [1.82, 2.24) is 26.2 Å². The third-order valence-corrected chi connectivity index (χ3v) is 5.32. The van der Waals surface area contributed by atoms with Crippen molar-refractivity contribution in [3.8, 4) is 0 Å². The number of unbranched alkanes of at least 4 members (excludes halogenated alkanes) is 1. The Morgan fingerprint density at radius 3 is 2.03 bits per heavy atom. The number of rotatable bonds is 18. The second-order valence-corrected chi connectivity index (χ2v) is 10.00. The normalized spacial score (nSPS) is 11.2. The Kier molecular flexibility index (Phi) is 17.6. The minimum absolute atomic E-state index is 0.0156. The van der Waals surface area contributed by atoms with E-state index in [0.29, 0.717) is 37.9 Å². The van der Waals surface area contributed by atoms with Gasteiger partial charge in [0.2, 0.25) is 17.7 Å². The third kappa shape index (κ3) is 17.5. The number of allylic oxidation sites excluding steroid dienone is 1. The van der Waals surface area contributed by atoms with Gasteiger partial charge in [0.1, 0.15) is 11.7 Å². The summed E-state index contributed by atoms with van der Waals surface area (Å²) in [5, 5.41) is 10.4. The van der Waals surface area contributed by atoms with E-state index in [1.807, 2.05) is 13.8 Å². The number of esters is 1. The summed E-state index contributed by atoms with van der Waals surface area (Å²) in [6.45, 7) is 8.03. The van der Waals surface area contributed by atoms with E-state index in [-0.39, 0.29) is 49.8 Å². The number of nitrogens with two attached hydrogens (primary N) is 1. The van der Waals surface area contributed by atoms with Gasteiger partial charge < -0.3 is 36.6 Å². The molecule has 1 atom stereocenters. The Labute approximate surface area is 231 Å². The highest BCUT2D eigenvalue weighted by atomic mass is 16.5. The highest BCUT2D eigenvalue weighted by Gasteiger charge is 2.25. The zero-order valence-corrected chi connectivity index (χ0v) is 24.1. The molecule has 0 spiro atoms. The number of nitrogens with zero attached hydrogens (tertiary/aromatic N) is 1. The molecule has 0 radical (unpaired) electrons. The second-order valence-electron chi connectivity index (χ2n) is 10.00. The van der Waals surface area contributed by atoms with E-state index < -0.39 is 35.8 Å². The van der Waals surface area contributed by atoms with Gasteiger partial charge >= 0.3 is 12.0 Å². The van der Waals surface area contributed by atoms with Crippen molar-refractivity contribution >= 4 is 35.6 Å². The summed E-state index contributed by atoms with van der Waals surface area (Å²) >= 11 is 0. The van der Waals surface area contributed by atoms with Gasteiger partial charge in [-0.2, -0.15) is 0 Å². The molecule has 6 amide bonds. The maximum atomic E-state index is 13.1. The lowest BCUT2D eigenvalue weighted by molar-refractivity contribution is -0.145. The quantitative estimate of drug-likeness (QED) is 0.0935. The first-order valence-corrected chi connectivity index (χ1v) is 13.2. The van der Waals surface area contributed by atoms with Gasteiger partial charge in [-0.1, -0.05) is 13.8 Å². The molecule has 0 saturated heterocycles. The highest BCUT2D eigenvalue weighted by molar-refractivity contribution is 5.99. The monoisotopic (exact) mass is 554 g/mol. The summed E-state index contributed by atoms with van der Waals surface area (Å²) in [6, 6.07) is -1.72. The molecule has 6 N–H and O–H groups in total. The van der Waals surface area contributed by atoms with Crippen LogP contribution in [0.3, 0.4) is 0 Å². The number of amides is 6. The predicted octanol–water partition coefficient (Wildman–Crippen LogP) is 0.684. The Morgan fingerprint density at radius 1 is 0.872 bits per heavy atom. The molecule has 0 bridgehead atoms. The lowest BCUT2D eigenvalue weighted by Crippen LogP contribution is -2.48. The van der Waals surface area contributed by atoms with Gasteiger partial charge in [-0.15, -0.1) is 0 Å². The van der Waals surface area contributed by atoms with Crippen LogP contribution in [0, 0.1) is 5.92 Å². The maximum absolute atomic E-state index is 13.1. The van der Waals surface area contributed by atoms with Crippen molar-refractivity contribution in [2.75, 3.05) is 33.8 Å². The maximum Gasteiger partial charge on any atom is 0.312 e. The van der Waals surface area contributed by atoms with E-state index >= 15 is 0 Å². The molecule has 0 heterocycles. The van der Waals surface area contributed by atoms with Crippen molar-refractivity contribution in [2.24, 2.45) is 11.7 Å². The Morgan fingerprint density at radius 2 is 1.49 bits per heavy atom. The number of carbonyl (C=O) groups excluding carboxylic acids is 6. The molecule has 0 aromatic carbocycles. The average molecular weight is 555 g/mol. The second kappa shape index (κ2) is 19.4. The molecule has 13 heteroatoms. The van der Waals surface area contributed by atoms with Gasteiger partial charge in [0.25, 0.3) is 5.91 Å². The lowest BCUT2D eigenvalue weighted by atomic mass is 10.1. The van der Waals surface area contributed by atoms with Crippen LogP contribution in [-0.2, 0) is 28.7 Å². The van der Waals surface area contributed by atoms with E-state index in [4.69, 9.17) is 10.5 Å². The number of nitrogens with one attached hydrogen (secondary N) is 4. The fourth-order valence-corrected chi connectivity index (χ4v) is 3.12. The molecule has 0 aliphatic heterocycles. The van der Waals surface area contributed by atoms with Gasteiger partial charge in [-0.05, 0) is 51.0 Å². The first-order valence-electron chi connectivity index (χ1n) is 13.2. The molecular formula is C26H46N6O7. The van der Waals surface area contributed by atoms with Crippen LogP contribution < -0.4 is 27.0 Å². The molecule has 0 aliphatic rings. The summed E-state index contributed by atoms with van der Waals surface area (Å²) in [5.41, 5.74) is 5.58. The van der Waals surface area contributed by atoms with Crippen LogP contribution in [0.15, 0.2) is 11.3 Å². The molecule has 0 rings (SSSR count). The number of hydrogen-bond acceptors (Lipinski definition) is 7. The molecule has 0 unspecified atom stereocenters. The van der Waals surface area contributed by atoms with E-state index in [1.165, 1.54) is 4.90 Å². The molecular weight excluding hydrogens is 508 g/mol. The van der Waals surface area contributed by atoms with Gasteiger partial charge in [-0.3, -0.25) is 24.0 Å².